The van der Waals surface area contributed by atoms with E-state index in [1.165, 1.54) is 0 Å². The standard InChI is InChI=1S/C21H17N3O2/c1-11-15(12-2-4-13(5-3-12)21(25)26)9-18(23)17-10-24-19-7-6-14(22)8-16(19)20(11)17/h2-10H,22-23H2,1H3,(H,25,26). The minimum atomic E-state index is -0.946. The van der Waals surface area contributed by atoms with Crippen molar-refractivity contribution in [2.45, 2.75) is 6.92 Å². The molecule has 0 saturated carbocycles. The lowest BCUT2D eigenvalue weighted by Crippen LogP contribution is -1.97. The summed E-state index contributed by atoms with van der Waals surface area (Å²) in [7, 11) is 0. The molecule has 0 aliphatic rings. The summed E-state index contributed by atoms with van der Waals surface area (Å²) in [4.78, 5) is 15.6. The van der Waals surface area contributed by atoms with Crippen LogP contribution in [0, 0.1) is 6.92 Å². The lowest BCUT2D eigenvalue weighted by atomic mass is 9.92. The maximum Gasteiger partial charge on any atom is 0.335 e. The van der Waals surface area contributed by atoms with Crippen LogP contribution < -0.4 is 11.5 Å². The molecule has 128 valence electrons. The van der Waals surface area contributed by atoms with Gasteiger partial charge in [0, 0.05) is 28.3 Å². The van der Waals surface area contributed by atoms with Crippen LogP contribution in [-0.4, -0.2) is 16.1 Å². The number of nitrogens with zero attached hydrogens (tertiary/aromatic N) is 1. The molecule has 0 aliphatic carbocycles. The monoisotopic (exact) mass is 343 g/mol. The molecular weight excluding hydrogens is 326 g/mol. The van der Waals surface area contributed by atoms with E-state index in [9.17, 15) is 4.79 Å². The number of benzene rings is 3. The van der Waals surface area contributed by atoms with Gasteiger partial charge in [0.05, 0.1) is 11.1 Å². The van der Waals surface area contributed by atoms with Crippen molar-refractivity contribution in [2.24, 2.45) is 0 Å². The van der Waals surface area contributed by atoms with Gasteiger partial charge in [-0.15, -0.1) is 0 Å². The molecule has 4 aromatic rings. The van der Waals surface area contributed by atoms with Gasteiger partial charge in [-0.3, -0.25) is 4.98 Å². The third-order valence-electron chi connectivity index (χ3n) is 4.72. The van der Waals surface area contributed by atoms with E-state index in [-0.39, 0.29) is 5.56 Å². The van der Waals surface area contributed by atoms with Crippen molar-refractivity contribution in [2.75, 3.05) is 11.5 Å². The topological polar surface area (TPSA) is 102 Å². The molecule has 1 heterocycles. The normalized spacial score (nSPS) is 11.1. The maximum atomic E-state index is 11.1. The molecule has 0 saturated heterocycles. The number of carboxylic acid groups (broad SMARTS) is 1. The maximum absolute atomic E-state index is 11.1. The highest BCUT2D eigenvalue weighted by Gasteiger charge is 2.13. The van der Waals surface area contributed by atoms with Gasteiger partial charge in [0.25, 0.3) is 0 Å². The Kier molecular flexibility index (Phi) is 3.51. The molecule has 5 N–H and O–H groups in total. The van der Waals surface area contributed by atoms with Crippen LogP contribution in [0.4, 0.5) is 11.4 Å². The Hall–Kier alpha value is -3.60. The Morgan fingerprint density at radius 1 is 1.00 bits per heavy atom. The first kappa shape index (κ1) is 15.9. The molecule has 0 fully saturated rings. The summed E-state index contributed by atoms with van der Waals surface area (Å²) < 4.78 is 0. The summed E-state index contributed by atoms with van der Waals surface area (Å²) in [6, 6.07) is 14.3. The minimum Gasteiger partial charge on any atom is -0.478 e. The fraction of sp³-hybridized carbons (Fsp3) is 0.0476. The van der Waals surface area contributed by atoms with Crippen molar-refractivity contribution in [3.63, 3.8) is 0 Å². The number of rotatable bonds is 2. The third kappa shape index (κ3) is 2.41. The number of anilines is 2. The quantitative estimate of drug-likeness (QED) is 0.373. The molecule has 0 atom stereocenters. The van der Waals surface area contributed by atoms with Gasteiger partial charge in [0.1, 0.15) is 0 Å². The number of aromatic nitrogens is 1. The molecule has 1 aromatic heterocycles. The smallest absolute Gasteiger partial charge is 0.335 e. The number of pyridine rings is 1. The van der Waals surface area contributed by atoms with E-state index in [2.05, 4.69) is 4.98 Å². The van der Waals surface area contributed by atoms with E-state index in [0.717, 1.165) is 38.4 Å². The van der Waals surface area contributed by atoms with Crippen molar-refractivity contribution < 1.29 is 9.90 Å². The highest BCUT2D eigenvalue weighted by molar-refractivity contribution is 6.13. The zero-order valence-corrected chi connectivity index (χ0v) is 14.2. The van der Waals surface area contributed by atoms with Gasteiger partial charge in [0.2, 0.25) is 0 Å². The van der Waals surface area contributed by atoms with Crippen molar-refractivity contribution in [3.05, 3.63) is 65.9 Å². The fourth-order valence-electron chi connectivity index (χ4n) is 3.40. The number of carboxylic acids is 1. The number of aromatic carboxylic acids is 1. The number of carbonyl (C=O) groups is 1. The Morgan fingerprint density at radius 2 is 1.73 bits per heavy atom. The van der Waals surface area contributed by atoms with Gasteiger partial charge in [-0.2, -0.15) is 0 Å². The summed E-state index contributed by atoms with van der Waals surface area (Å²) >= 11 is 0. The minimum absolute atomic E-state index is 0.252. The molecule has 5 heteroatoms. The van der Waals surface area contributed by atoms with Crippen LogP contribution in [-0.2, 0) is 0 Å². The summed E-state index contributed by atoms with van der Waals surface area (Å²) in [5.74, 6) is -0.946. The zero-order chi connectivity index (χ0) is 18.4. The van der Waals surface area contributed by atoms with Crippen molar-refractivity contribution in [1.82, 2.24) is 4.98 Å². The Bertz CT molecular complexity index is 1180. The average Bonchev–Trinajstić information content (AvgIpc) is 2.64. The van der Waals surface area contributed by atoms with Gasteiger partial charge >= 0.3 is 5.97 Å². The van der Waals surface area contributed by atoms with Gasteiger partial charge in [0.15, 0.2) is 0 Å². The van der Waals surface area contributed by atoms with Crippen LogP contribution >= 0.6 is 0 Å². The Balaban J connectivity index is 2.05. The number of fused-ring (bicyclic) bond motifs is 3. The molecule has 0 spiro atoms. The number of nitrogens with two attached hydrogens (primary N) is 2. The Labute approximate surface area is 149 Å². The molecule has 0 amide bonds. The van der Waals surface area contributed by atoms with Gasteiger partial charge in [-0.25, -0.2) is 4.79 Å². The van der Waals surface area contributed by atoms with Crippen LogP contribution in [0.5, 0.6) is 0 Å². The molecule has 0 radical (unpaired) electrons. The molecule has 4 rings (SSSR count). The fourth-order valence-corrected chi connectivity index (χ4v) is 3.40. The van der Waals surface area contributed by atoms with Crippen molar-refractivity contribution in [1.29, 1.82) is 0 Å². The number of nitrogen functional groups attached to an aromatic ring is 2. The summed E-state index contributed by atoms with van der Waals surface area (Å²) in [5.41, 5.74) is 17.6. The first-order valence-corrected chi connectivity index (χ1v) is 8.16. The van der Waals surface area contributed by atoms with E-state index in [1.807, 2.05) is 31.2 Å². The largest absolute Gasteiger partial charge is 0.478 e. The predicted molar refractivity (Wildman–Crippen MR) is 105 cm³/mol. The Morgan fingerprint density at radius 3 is 2.42 bits per heavy atom. The second-order valence-electron chi connectivity index (χ2n) is 6.34. The van der Waals surface area contributed by atoms with Crippen LogP contribution in [0.1, 0.15) is 15.9 Å². The molecule has 3 aromatic carbocycles. The van der Waals surface area contributed by atoms with Crippen LogP contribution in [0.25, 0.3) is 32.8 Å². The second kappa shape index (κ2) is 5.74. The summed E-state index contributed by atoms with van der Waals surface area (Å²) in [6.07, 6.45) is 1.79. The first-order chi connectivity index (χ1) is 12.5. The molecule has 0 bridgehead atoms. The van der Waals surface area contributed by atoms with E-state index >= 15 is 0 Å². The first-order valence-electron chi connectivity index (χ1n) is 8.16. The van der Waals surface area contributed by atoms with Gasteiger partial charge in [-0.05, 0) is 65.4 Å². The summed E-state index contributed by atoms with van der Waals surface area (Å²) in [6.45, 7) is 2.03. The second-order valence-corrected chi connectivity index (χ2v) is 6.34. The SMILES string of the molecule is Cc1c(-c2ccc(C(=O)O)cc2)cc(N)c2cnc3ccc(N)cc3c12. The predicted octanol–water partition coefficient (Wildman–Crippen LogP) is 4.23. The van der Waals surface area contributed by atoms with Gasteiger partial charge < -0.3 is 16.6 Å². The molecule has 0 unspecified atom stereocenters. The van der Waals surface area contributed by atoms with E-state index in [1.54, 1.807) is 30.5 Å². The summed E-state index contributed by atoms with van der Waals surface area (Å²) in [5, 5.41) is 11.9. The van der Waals surface area contributed by atoms with E-state index in [4.69, 9.17) is 16.6 Å². The lowest BCUT2D eigenvalue weighted by molar-refractivity contribution is 0.0697. The van der Waals surface area contributed by atoms with E-state index < -0.39 is 5.97 Å². The molecular formula is C21H17N3O2. The van der Waals surface area contributed by atoms with Crippen LogP contribution in [0.2, 0.25) is 0 Å². The third-order valence-corrected chi connectivity index (χ3v) is 4.72. The number of hydrogen-bond acceptors (Lipinski definition) is 4. The number of aryl methyl sites for hydroxylation is 1. The molecule has 0 aliphatic heterocycles. The lowest BCUT2D eigenvalue weighted by Gasteiger charge is -2.15. The highest BCUT2D eigenvalue weighted by atomic mass is 16.4. The van der Waals surface area contributed by atoms with Gasteiger partial charge in [-0.1, -0.05) is 12.1 Å². The average molecular weight is 343 g/mol. The van der Waals surface area contributed by atoms with E-state index in [0.29, 0.717) is 11.4 Å². The van der Waals surface area contributed by atoms with Crippen LogP contribution in [0.3, 0.4) is 0 Å². The number of hydrogen-bond donors (Lipinski definition) is 3. The van der Waals surface area contributed by atoms with Crippen LogP contribution in [0.15, 0.2) is 54.7 Å². The molecule has 26 heavy (non-hydrogen) atoms. The zero-order valence-electron chi connectivity index (χ0n) is 14.2. The molecule has 5 nitrogen and oxygen atoms in total. The highest BCUT2D eigenvalue weighted by Crippen LogP contribution is 2.37. The van der Waals surface area contributed by atoms with Crippen molar-refractivity contribution >= 4 is 39.0 Å². The van der Waals surface area contributed by atoms with Crippen molar-refractivity contribution in [3.8, 4) is 11.1 Å².